The third-order valence-electron chi connectivity index (χ3n) is 9.58. The van der Waals surface area contributed by atoms with E-state index in [-0.39, 0.29) is 6.04 Å². The summed E-state index contributed by atoms with van der Waals surface area (Å²) in [4.78, 5) is 10.9. The van der Waals surface area contributed by atoms with Crippen LogP contribution in [-0.4, -0.2) is 16.2 Å². The molecule has 8 rings (SSSR count). The summed E-state index contributed by atoms with van der Waals surface area (Å²) in [5, 5.41) is 5.15. The number of rotatable bonds is 6. The fourth-order valence-corrected chi connectivity index (χ4v) is 8.22. The molecule has 0 spiro atoms. The minimum absolute atomic E-state index is 0.0539. The van der Waals surface area contributed by atoms with E-state index in [1.165, 1.54) is 47.6 Å². The van der Waals surface area contributed by atoms with Crippen LogP contribution < -0.4 is 0 Å². The first-order valence-corrected chi connectivity index (χ1v) is 17.6. The maximum atomic E-state index is 5.53. The molecule has 0 radical (unpaired) electrons. The minimum atomic E-state index is -0.0539. The lowest BCUT2D eigenvalue weighted by atomic mass is 9.91. The summed E-state index contributed by atoms with van der Waals surface area (Å²) in [7, 11) is 0. The predicted octanol–water partition coefficient (Wildman–Crippen LogP) is 12.3. The molecule has 0 aliphatic heterocycles. The van der Waals surface area contributed by atoms with Gasteiger partial charge in [0.1, 0.15) is 5.84 Å². The molecule has 0 bridgehead atoms. The fourth-order valence-electron chi connectivity index (χ4n) is 6.96. The number of fused-ring (bicyclic) bond motifs is 7. The van der Waals surface area contributed by atoms with Crippen LogP contribution in [-0.2, 0) is 0 Å². The van der Waals surface area contributed by atoms with E-state index < -0.39 is 0 Å². The largest absolute Gasteiger partial charge is 0.297 e. The van der Waals surface area contributed by atoms with Crippen molar-refractivity contribution in [3.8, 4) is 11.1 Å². The van der Waals surface area contributed by atoms with E-state index in [1.54, 1.807) is 0 Å². The molecule has 2 aromatic heterocycles. The summed E-state index contributed by atoms with van der Waals surface area (Å²) in [5.41, 5.74) is 6.95. The molecule has 6 aromatic carbocycles. The minimum Gasteiger partial charge on any atom is -0.297 e. The standard InChI is InChI=1S/C44H37N3S/c1-4-29(2)42(34-21-15-20-33(28-34)31-16-7-5-8-17-31)46-44(32-18-9-6-10-19-32)45-30(3)47-38-24-13-11-23-37(38)41-39(47)27-26-36-35-22-12-14-25-40(35)48-43(36)41/h5-29,42H,4H2,1-3H3/b45-30+,46-44-. The van der Waals surface area contributed by atoms with Crippen molar-refractivity contribution in [3.05, 3.63) is 157 Å². The number of nitrogens with zero attached hydrogens (tertiary/aromatic N) is 3. The van der Waals surface area contributed by atoms with E-state index in [0.717, 1.165) is 34.7 Å². The zero-order chi connectivity index (χ0) is 32.6. The number of aliphatic imine (C=N–C) groups is 2. The molecule has 0 saturated heterocycles. The Hall–Kier alpha value is -5.32. The Labute approximate surface area is 285 Å². The highest BCUT2D eigenvalue weighted by Gasteiger charge is 2.21. The third-order valence-corrected chi connectivity index (χ3v) is 10.8. The Morgan fingerprint density at radius 3 is 2.15 bits per heavy atom. The average Bonchev–Trinajstić information content (AvgIpc) is 3.69. The van der Waals surface area contributed by atoms with Gasteiger partial charge >= 0.3 is 0 Å². The van der Waals surface area contributed by atoms with Gasteiger partial charge in [0.15, 0.2) is 5.84 Å². The zero-order valence-electron chi connectivity index (χ0n) is 27.5. The molecule has 2 heterocycles. The van der Waals surface area contributed by atoms with Gasteiger partial charge in [-0.25, -0.2) is 4.99 Å². The van der Waals surface area contributed by atoms with Gasteiger partial charge in [0, 0.05) is 36.5 Å². The molecule has 2 unspecified atom stereocenters. The average molecular weight is 640 g/mol. The number of benzene rings is 6. The van der Waals surface area contributed by atoms with Crippen molar-refractivity contribution in [2.75, 3.05) is 0 Å². The van der Waals surface area contributed by atoms with Gasteiger partial charge in [0.25, 0.3) is 0 Å². The van der Waals surface area contributed by atoms with E-state index in [4.69, 9.17) is 9.98 Å². The van der Waals surface area contributed by atoms with Crippen LogP contribution in [0.4, 0.5) is 0 Å². The van der Waals surface area contributed by atoms with Crippen LogP contribution in [0.25, 0.3) is 53.1 Å². The normalized spacial score (nSPS) is 13.9. The quantitative estimate of drug-likeness (QED) is 0.128. The van der Waals surface area contributed by atoms with Crippen molar-refractivity contribution in [1.82, 2.24) is 4.57 Å². The van der Waals surface area contributed by atoms with Gasteiger partial charge in [0.2, 0.25) is 0 Å². The molecule has 234 valence electrons. The van der Waals surface area contributed by atoms with Gasteiger partial charge in [-0.3, -0.25) is 9.56 Å². The van der Waals surface area contributed by atoms with Crippen molar-refractivity contribution >= 4 is 65.0 Å². The van der Waals surface area contributed by atoms with Gasteiger partial charge < -0.3 is 0 Å². The molecule has 0 fully saturated rings. The third kappa shape index (κ3) is 5.32. The molecule has 8 aromatic rings. The fraction of sp³-hybridized carbons (Fsp3) is 0.136. The van der Waals surface area contributed by atoms with E-state index in [1.807, 2.05) is 11.3 Å². The molecular weight excluding hydrogens is 603 g/mol. The molecule has 0 amide bonds. The van der Waals surface area contributed by atoms with Crippen LogP contribution in [0.1, 0.15) is 44.4 Å². The summed E-state index contributed by atoms with van der Waals surface area (Å²) in [6.07, 6.45) is 1.01. The summed E-state index contributed by atoms with van der Waals surface area (Å²) in [5.74, 6) is 1.96. The van der Waals surface area contributed by atoms with Crippen molar-refractivity contribution in [3.63, 3.8) is 0 Å². The molecular formula is C44H37N3S. The Morgan fingerprint density at radius 1 is 0.667 bits per heavy atom. The van der Waals surface area contributed by atoms with Crippen molar-refractivity contribution < 1.29 is 0 Å². The van der Waals surface area contributed by atoms with Gasteiger partial charge in [0.05, 0.1) is 17.1 Å². The number of aromatic nitrogens is 1. The van der Waals surface area contributed by atoms with Crippen LogP contribution in [0.15, 0.2) is 156 Å². The molecule has 0 saturated carbocycles. The maximum Gasteiger partial charge on any atom is 0.157 e. The van der Waals surface area contributed by atoms with Crippen LogP contribution >= 0.6 is 11.3 Å². The number of hydrogen-bond donors (Lipinski definition) is 0. The highest BCUT2D eigenvalue weighted by Crippen LogP contribution is 2.42. The van der Waals surface area contributed by atoms with Crippen molar-refractivity contribution in [2.24, 2.45) is 15.9 Å². The molecule has 0 N–H and O–H groups in total. The summed E-state index contributed by atoms with van der Waals surface area (Å²) >= 11 is 1.88. The summed E-state index contributed by atoms with van der Waals surface area (Å²) < 4.78 is 4.96. The second-order valence-corrected chi connectivity index (χ2v) is 13.6. The summed E-state index contributed by atoms with van der Waals surface area (Å²) in [6.45, 7) is 6.66. The molecule has 0 aliphatic carbocycles. The van der Waals surface area contributed by atoms with Gasteiger partial charge in [-0.15, -0.1) is 11.3 Å². The molecule has 4 heteroatoms. The number of amidine groups is 1. The van der Waals surface area contributed by atoms with E-state index in [2.05, 4.69) is 171 Å². The van der Waals surface area contributed by atoms with Crippen molar-refractivity contribution in [2.45, 2.75) is 33.2 Å². The monoisotopic (exact) mass is 639 g/mol. The van der Waals surface area contributed by atoms with E-state index in [0.29, 0.717) is 5.92 Å². The Balaban J connectivity index is 1.32. The molecule has 48 heavy (non-hydrogen) atoms. The van der Waals surface area contributed by atoms with Crippen LogP contribution in [0.2, 0.25) is 0 Å². The maximum absolute atomic E-state index is 5.53. The SMILES string of the molecule is CCC(C)C(/N=C(\N=C(/C)n1c2ccccc2c2c3sc4ccccc4c3ccc21)c1ccccc1)c1cccc(-c2ccccc2)c1. The first kappa shape index (κ1) is 30.0. The van der Waals surface area contributed by atoms with E-state index >= 15 is 0 Å². The highest BCUT2D eigenvalue weighted by molar-refractivity contribution is 7.26. The first-order valence-electron chi connectivity index (χ1n) is 16.8. The number of para-hydroxylation sites is 1. The number of hydrogen-bond acceptors (Lipinski definition) is 2. The Morgan fingerprint density at radius 2 is 1.35 bits per heavy atom. The lowest BCUT2D eigenvalue weighted by Gasteiger charge is -2.21. The van der Waals surface area contributed by atoms with Crippen LogP contribution in [0.5, 0.6) is 0 Å². The predicted molar refractivity (Wildman–Crippen MR) is 208 cm³/mol. The lowest BCUT2D eigenvalue weighted by molar-refractivity contribution is 0.459. The van der Waals surface area contributed by atoms with Crippen LogP contribution in [0.3, 0.4) is 0 Å². The van der Waals surface area contributed by atoms with Gasteiger partial charge in [-0.2, -0.15) is 0 Å². The van der Waals surface area contributed by atoms with Crippen LogP contribution in [0, 0.1) is 5.92 Å². The highest BCUT2D eigenvalue weighted by atomic mass is 32.1. The summed E-state index contributed by atoms with van der Waals surface area (Å²) in [6, 6.07) is 51.8. The van der Waals surface area contributed by atoms with E-state index in [9.17, 15) is 0 Å². The first-order chi connectivity index (χ1) is 23.6. The topological polar surface area (TPSA) is 29.6 Å². The van der Waals surface area contributed by atoms with Gasteiger partial charge in [-0.1, -0.05) is 142 Å². The molecule has 2 atom stereocenters. The second kappa shape index (κ2) is 12.7. The lowest BCUT2D eigenvalue weighted by Crippen LogP contribution is -2.14. The molecule has 3 nitrogen and oxygen atoms in total. The zero-order valence-corrected chi connectivity index (χ0v) is 28.3. The van der Waals surface area contributed by atoms with Crippen molar-refractivity contribution in [1.29, 1.82) is 0 Å². The second-order valence-electron chi connectivity index (χ2n) is 12.6. The smallest absolute Gasteiger partial charge is 0.157 e. The number of thiophene rings is 1. The Kier molecular flexibility index (Phi) is 7.95. The van der Waals surface area contributed by atoms with Gasteiger partial charge in [-0.05, 0) is 53.8 Å². The molecule has 0 aliphatic rings. The Bertz CT molecular complexity index is 2470.